The largest absolute Gasteiger partial charge is 0.656 e. The van der Waals surface area contributed by atoms with Gasteiger partial charge in [0.1, 0.15) is 0 Å². The van der Waals surface area contributed by atoms with Crippen molar-refractivity contribution in [2.45, 2.75) is 4.71 Å². The number of hydrogen-bond acceptors (Lipinski definition) is 2. The Morgan fingerprint density at radius 3 is 1.60 bits per heavy atom. The third kappa shape index (κ3) is 3.60. The molecule has 0 aliphatic carbocycles. The molecule has 1 fully saturated rings. The van der Waals surface area contributed by atoms with Gasteiger partial charge >= 0.3 is 0 Å². The second kappa shape index (κ2) is 2.86. The fraction of sp³-hybridized carbons (Fsp3) is 1.00. The second-order valence-electron chi connectivity index (χ2n) is 0.524. The van der Waals surface area contributed by atoms with Gasteiger partial charge in [-0.3, -0.25) is 0 Å². The van der Waals surface area contributed by atoms with Crippen molar-refractivity contribution in [3.8, 4) is 0 Å². The van der Waals surface area contributed by atoms with E-state index >= 15 is 0 Å². The zero-order chi connectivity index (χ0) is 2.99. The molecule has 0 aromatic heterocycles. The molecule has 27 valence electrons. The molecular weight excluding hydrogens is 179 g/mol. The van der Waals surface area contributed by atoms with E-state index in [1.807, 2.05) is 0 Å². The Balaban J connectivity index is 0.000000160. The number of hydrogen-bond donors (Lipinski definition) is 0. The number of rotatable bonds is 0. The van der Waals surface area contributed by atoms with Crippen molar-refractivity contribution >= 4 is 21.6 Å². The van der Waals surface area contributed by atoms with Crippen molar-refractivity contribution in [1.82, 2.24) is 0 Å². The van der Waals surface area contributed by atoms with Crippen LogP contribution in [0.1, 0.15) is 0 Å². The van der Waals surface area contributed by atoms with E-state index in [0.29, 0.717) is 0 Å². The quantitative estimate of drug-likeness (QED) is 0.419. The molecule has 1 rings (SSSR count). The van der Waals surface area contributed by atoms with Crippen LogP contribution in [-0.4, -0.2) is 4.71 Å². The first-order chi connectivity index (χ1) is 1.89. The normalized spacial score (nSPS) is 21.0. The van der Waals surface area contributed by atoms with Crippen LogP contribution in [0.5, 0.6) is 0 Å². The Kier molecular flexibility index (Phi) is 3.87. The zero-order valence-electron chi connectivity index (χ0n) is 2.47. The van der Waals surface area contributed by atoms with E-state index in [1.54, 1.807) is 21.6 Å². The molecule has 1 aliphatic rings. The minimum atomic E-state index is 0. The molecule has 0 atom stereocenters. The summed E-state index contributed by atoms with van der Waals surface area (Å²) in [6.07, 6.45) is 0. The average Bonchev–Trinajstić information content (AvgIpc) is 1.75. The summed E-state index contributed by atoms with van der Waals surface area (Å²) in [7, 11) is 3.21. The van der Waals surface area contributed by atoms with Gasteiger partial charge in [0.05, 0.1) is 0 Å². The Morgan fingerprint density at radius 2 is 1.60 bits per heavy atom. The summed E-state index contributed by atoms with van der Waals surface area (Å²) in [6, 6.07) is 0. The van der Waals surface area contributed by atoms with Crippen molar-refractivity contribution in [2.75, 3.05) is 0 Å². The van der Waals surface area contributed by atoms with Gasteiger partial charge in [-0.1, -0.05) is 0 Å². The van der Waals surface area contributed by atoms with Gasteiger partial charge in [0.25, 0.3) is 0 Å². The van der Waals surface area contributed by atoms with Crippen LogP contribution in [0.2, 0.25) is 0 Å². The van der Waals surface area contributed by atoms with Gasteiger partial charge in [-0.15, -0.1) is 21.6 Å². The third-order valence-corrected chi connectivity index (χ3v) is 1.73. The molecule has 0 saturated carbocycles. The van der Waals surface area contributed by atoms with Crippen LogP contribution in [0.3, 0.4) is 0 Å². The Bertz CT molecular complexity index is 28.8. The molecule has 0 aromatic rings. The van der Waals surface area contributed by atoms with E-state index in [4.69, 9.17) is 5.73 Å². The van der Waals surface area contributed by atoms with Crippen molar-refractivity contribution in [1.29, 1.82) is 0 Å². The molecule has 1 radical (unpaired) electrons. The maximum atomic E-state index is 6.62. The van der Waals surface area contributed by atoms with Crippen molar-refractivity contribution < 1.29 is 32.7 Å². The summed E-state index contributed by atoms with van der Waals surface area (Å²) >= 11 is 0. The third-order valence-electron chi connectivity index (χ3n) is 0.192. The Morgan fingerprint density at radius 1 is 1.40 bits per heavy atom. The Labute approximate surface area is 64.1 Å². The molecular formula is CH2NS2Y-. The monoisotopic (exact) mass is 181 g/mol. The predicted molar refractivity (Wildman–Crippen MR) is 23.3 cm³/mol. The van der Waals surface area contributed by atoms with E-state index in [2.05, 4.69) is 0 Å². The van der Waals surface area contributed by atoms with E-state index in [9.17, 15) is 0 Å². The van der Waals surface area contributed by atoms with Gasteiger partial charge < -0.3 is 5.73 Å². The molecule has 1 aliphatic heterocycles. The zero-order valence-corrected chi connectivity index (χ0v) is 6.94. The first kappa shape index (κ1) is 6.76. The summed E-state index contributed by atoms with van der Waals surface area (Å²) in [5, 5.41) is 0. The summed E-state index contributed by atoms with van der Waals surface area (Å²) in [5.74, 6) is 0. The minimum absolute atomic E-state index is 0. The maximum Gasteiger partial charge on any atom is 0 e. The number of nitrogens with one attached hydrogen (secondary N) is 1. The van der Waals surface area contributed by atoms with E-state index in [-0.39, 0.29) is 37.4 Å². The van der Waals surface area contributed by atoms with Gasteiger partial charge in [-0.25, -0.2) is 0 Å². The molecule has 0 bridgehead atoms. The minimum Gasteiger partial charge on any atom is -0.656 e. The van der Waals surface area contributed by atoms with Crippen LogP contribution in [0, 0.1) is 0 Å². The summed E-state index contributed by atoms with van der Waals surface area (Å²) in [5.41, 5.74) is 6.62. The molecule has 0 aromatic carbocycles. The van der Waals surface area contributed by atoms with Gasteiger partial charge in [0, 0.05) is 32.7 Å². The van der Waals surface area contributed by atoms with Crippen LogP contribution < -0.4 is 0 Å². The van der Waals surface area contributed by atoms with Crippen LogP contribution >= 0.6 is 21.6 Å². The molecule has 1 heterocycles. The molecule has 0 unspecified atom stereocenters. The van der Waals surface area contributed by atoms with E-state index < -0.39 is 0 Å². The van der Waals surface area contributed by atoms with Crippen LogP contribution in [0.15, 0.2) is 0 Å². The van der Waals surface area contributed by atoms with Crippen LogP contribution in [0.4, 0.5) is 0 Å². The van der Waals surface area contributed by atoms with Gasteiger partial charge in [-0.2, -0.15) is 0 Å². The SMILES string of the molecule is [NH-]C1SS1.[Y]. The maximum absolute atomic E-state index is 6.62. The van der Waals surface area contributed by atoms with E-state index in [1.165, 1.54) is 0 Å². The van der Waals surface area contributed by atoms with Crippen molar-refractivity contribution in [2.24, 2.45) is 0 Å². The molecule has 5 heavy (non-hydrogen) atoms. The smallest absolute Gasteiger partial charge is 0 e. The first-order valence-electron chi connectivity index (χ1n) is 0.927. The topological polar surface area (TPSA) is 23.8 Å². The molecule has 0 amide bonds. The van der Waals surface area contributed by atoms with Crippen LogP contribution in [-0.2, 0) is 32.7 Å². The fourth-order valence-corrected chi connectivity index (χ4v) is 0.250. The molecule has 1 nitrogen and oxygen atoms in total. The fourth-order valence-electron chi connectivity index (χ4n) is 0.0278. The standard InChI is InChI=1S/CH2NS2.Y/c2-1-3-4-1;/h1-2H;/q-1;. The van der Waals surface area contributed by atoms with Crippen molar-refractivity contribution in [3.63, 3.8) is 0 Å². The predicted octanol–water partition coefficient (Wildman–Crippen LogP) is 1.71. The molecule has 1 saturated heterocycles. The van der Waals surface area contributed by atoms with Crippen LogP contribution in [0.25, 0.3) is 5.73 Å². The molecule has 0 spiro atoms. The van der Waals surface area contributed by atoms with Gasteiger partial charge in [-0.05, 0) is 4.71 Å². The molecule has 4 heteroatoms. The molecule has 1 N–H and O–H groups in total. The summed E-state index contributed by atoms with van der Waals surface area (Å²) in [4.78, 5) is 0. The Hall–Kier alpha value is 1.76. The van der Waals surface area contributed by atoms with Gasteiger partial charge in [0.2, 0.25) is 0 Å². The first-order valence-corrected chi connectivity index (χ1v) is 3.20. The second-order valence-corrected chi connectivity index (χ2v) is 3.31. The summed E-state index contributed by atoms with van der Waals surface area (Å²) in [6.45, 7) is 0. The van der Waals surface area contributed by atoms with Gasteiger partial charge in [0.15, 0.2) is 0 Å². The van der Waals surface area contributed by atoms with E-state index in [0.717, 1.165) is 0 Å². The average molecular weight is 181 g/mol. The van der Waals surface area contributed by atoms with Crippen molar-refractivity contribution in [3.05, 3.63) is 5.73 Å². The summed E-state index contributed by atoms with van der Waals surface area (Å²) < 4.78 is 0.167.